The highest BCUT2D eigenvalue weighted by molar-refractivity contribution is 6.03. The van der Waals surface area contributed by atoms with Gasteiger partial charge in [-0.2, -0.15) is 0 Å². The highest BCUT2D eigenvalue weighted by Crippen LogP contribution is 2.39. The molecule has 45 heavy (non-hydrogen) atoms. The van der Waals surface area contributed by atoms with Crippen molar-refractivity contribution in [3.8, 4) is 11.1 Å². The van der Waals surface area contributed by atoms with E-state index in [0.717, 1.165) is 109 Å². The number of methoxy groups -OCH3 is 1. The van der Waals surface area contributed by atoms with Gasteiger partial charge in [-0.3, -0.25) is 4.79 Å². The molecular weight excluding hydrogens is 562 g/mol. The molecule has 0 radical (unpaired) electrons. The number of fused-ring (bicyclic) bond motifs is 1. The number of anilines is 3. The third-order valence-corrected chi connectivity index (χ3v) is 9.76. The van der Waals surface area contributed by atoms with Gasteiger partial charge in [0, 0.05) is 98.1 Å². The van der Waals surface area contributed by atoms with Crippen molar-refractivity contribution in [2.45, 2.75) is 65.1 Å². The number of ether oxygens (including phenoxy) is 1. The first-order chi connectivity index (χ1) is 21.8. The fourth-order valence-corrected chi connectivity index (χ4v) is 7.08. The minimum absolute atomic E-state index is 0.0584. The maximum atomic E-state index is 12.8. The van der Waals surface area contributed by atoms with E-state index < -0.39 is 0 Å². The largest absolute Gasteiger partial charge is 0.381 e. The molecule has 1 aliphatic carbocycles. The summed E-state index contributed by atoms with van der Waals surface area (Å²) in [5.74, 6) is 1.80. The third kappa shape index (κ3) is 6.70. The number of aromatic nitrogens is 3. The molecule has 2 fully saturated rings. The monoisotopic (exact) mass is 609 g/mol. The minimum atomic E-state index is -0.0584. The zero-order chi connectivity index (χ0) is 31.5. The quantitative estimate of drug-likeness (QED) is 0.248. The van der Waals surface area contributed by atoms with Gasteiger partial charge in [-0.05, 0) is 101 Å². The molecule has 0 bridgehead atoms. The Balaban J connectivity index is 1.39. The normalized spacial score (nSPS) is 19.2. The molecule has 1 aromatic carbocycles. The number of rotatable bonds is 9. The van der Waals surface area contributed by atoms with Crippen molar-refractivity contribution in [2.75, 3.05) is 62.0 Å². The van der Waals surface area contributed by atoms with Crippen molar-refractivity contribution < 1.29 is 4.74 Å². The molecule has 0 spiro atoms. The maximum absolute atomic E-state index is 12.8. The van der Waals surface area contributed by atoms with Crippen LogP contribution in [0.15, 0.2) is 53.6 Å². The number of likely N-dealkylation sites (N-methyl/N-ethyl adjacent to an activating group) is 1. The number of aryl methyl sites for hydroxylation is 2. The smallest absolute Gasteiger partial charge is 0.253 e. The Bertz CT molecular complexity index is 1670. The molecule has 238 valence electrons. The molecule has 6 rings (SSSR count). The average molecular weight is 610 g/mol. The van der Waals surface area contributed by atoms with E-state index in [0.29, 0.717) is 18.7 Å². The first-order valence-electron chi connectivity index (χ1n) is 16.4. The summed E-state index contributed by atoms with van der Waals surface area (Å²) < 4.78 is 5.69. The zero-order valence-electron chi connectivity index (χ0n) is 27.4. The van der Waals surface area contributed by atoms with Crippen molar-refractivity contribution >= 4 is 28.1 Å². The molecule has 9 heteroatoms. The Hall–Kier alpha value is -3.95. The van der Waals surface area contributed by atoms with E-state index in [4.69, 9.17) is 14.7 Å². The summed E-state index contributed by atoms with van der Waals surface area (Å²) in [5, 5.41) is 5.72. The molecule has 4 aromatic rings. The van der Waals surface area contributed by atoms with Crippen LogP contribution in [0.5, 0.6) is 0 Å². The predicted octanol–water partition coefficient (Wildman–Crippen LogP) is 5.75. The Morgan fingerprint density at radius 3 is 2.42 bits per heavy atom. The van der Waals surface area contributed by atoms with Crippen LogP contribution in [0.3, 0.4) is 0 Å². The van der Waals surface area contributed by atoms with E-state index in [1.807, 2.05) is 39.4 Å². The van der Waals surface area contributed by atoms with Crippen LogP contribution in [-0.4, -0.2) is 78.9 Å². The zero-order valence-corrected chi connectivity index (χ0v) is 27.4. The van der Waals surface area contributed by atoms with Gasteiger partial charge in [-0.15, -0.1) is 0 Å². The number of hydrogen-bond acceptors (Lipinski definition) is 8. The van der Waals surface area contributed by atoms with Crippen molar-refractivity contribution in [1.29, 1.82) is 0 Å². The van der Waals surface area contributed by atoms with Crippen molar-refractivity contribution in [3.05, 3.63) is 76.0 Å². The van der Waals surface area contributed by atoms with E-state index in [-0.39, 0.29) is 5.56 Å². The molecule has 2 aliphatic rings. The molecular formula is C36H47N7O2. The first-order valence-corrected chi connectivity index (χ1v) is 16.4. The van der Waals surface area contributed by atoms with Gasteiger partial charge in [0.1, 0.15) is 11.6 Å². The van der Waals surface area contributed by atoms with E-state index >= 15 is 0 Å². The van der Waals surface area contributed by atoms with Crippen LogP contribution in [0.25, 0.3) is 21.9 Å². The fraction of sp³-hybridized carbons (Fsp3) is 0.472. The van der Waals surface area contributed by atoms with Gasteiger partial charge in [0.05, 0.1) is 6.10 Å². The summed E-state index contributed by atoms with van der Waals surface area (Å²) in [6.07, 6.45) is 8.59. The van der Waals surface area contributed by atoms with Crippen LogP contribution in [0.4, 0.5) is 17.3 Å². The van der Waals surface area contributed by atoms with E-state index in [1.165, 1.54) is 5.69 Å². The molecule has 2 N–H and O–H groups in total. The van der Waals surface area contributed by atoms with Crippen LogP contribution < -0.4 is 20.7 Å². The van der Waals surface area contributed by atoms with Crippen LogP contribution >= 0.6 is 0 Å². The van der Waals surface area contributed by atoms with Gasteiger partial charge in [0.25, 0.3) is 5.56 Å². The third-order valence-electron chi connectivity index (χ3n) is 9.76. The second-order valence-electron chi connectivity index (χ2n) is 12.7. The van der Waals surface area contributed by atoms with Crippen molar-refractivity contribution in [2.24, 2.45) is 0 Å². The van der Waals surface area contributed by atoms with Crippen LogP contribution in [0.1, 0.15) is 49.4 Å². The predicted molar refractivity (Wildman–Crippen MR) is 185 cm³/mol. The summed E-state index contributed by atoms with van der Waals surface area (Å²) >= 11 is 0. The lowest BCUT2D eigenvalue weighted by atomic mass is 9.90. The molecule has 1 saturated carbocycles. The molecule has 3 aromatic heterocycles. The van der Waals surface area contributed by atoms with Gasteiger partial charge in [-0.25, -0.2) is 9.97 Å². The maximum Gasteiger partial charge on any atom is 0.253 e. The van der Waals surface area contributed by atoms with Gasteiger partial charge in [0.2, 0.25) is 0 Å². The molecule has 4 heterocycles. The Morgan fingerprint density at radius 2 is 1.76 bits per heavy atom. The van der Waals surface area contributed by atoms with Crippen LogP contribution in [-0.2, 0) is 11.3 Å². The summed E-state index contributed by atoms with van der Waals surface area (Å²) in [6.45, 7) is 11.5. The molecule has 1 saturated heterocycles. The second kappa shape index (κ2) is 13.6. The van der Waals surface area contributed by atoms with Crippen LogP contribution in [0, 0.1) is 13.8 Å². The van der Waals surface area contributed by atoms with Crippen molar-refractivity contribution in [3.63, 3.8) is 0 Å². The SMILES string of the molecule is CCN(c1cc(-c2ccc(N3CCN(C)CC3)nc2)cc2c(NCc3c(C)cc(C)[nH]c3=O)nccc12)C1CCC(OC)CC1. The molecule has 9 nitrogen and oxygen atoms in total. The fourth-order valence-electron chi connectivity index (χ4n) is 7.08. The number of H-pyrrole nitrogens is 1. The standard InChI is InChI=1S/C36H47N7O2/c1-6-43(28-8-10-29(45-5)11-9-28)33-21-27(26-7-12-34(38-22-26)42-17-15-41(4)16-18-42)20-31-30(33)13-14-37-35(31)39-23-32-24(2)19-25(3)40-36(32)44/h7,12-14,19-22,28-29H,6,8-11,15-18,23H2,1-5H3,(H,37,39)(H,40,44). The highest BCUT2D eigenvalue weighted by atomic mass is 16.5. The molecule has 0 unspecified atom stereocenters. The lowest BCUT2D eigenvalue weighted by Gasteiger charge is -2.38. The average Bonchev–Trinajstić information content (AvgIpc) is 3.05. The number of piperazine rings is 1. The number of benzene rings is 1. The summed E-state index contributed by atoms with van der Waals surface area (Å²) in [6, 6.07) is 13.5. The number of nitrogens with zero attached hydrogens (tertiary/aromatic N) is 5. The second-order valence-corrected chi connectivity index (χ2v) is 12.7. The summed E-state index contributed by atoms with van der Waals surface area (Å²) in [7, 11) is 4.00. The minimum Gasteiger partial charge on any atom is -0.381 e. The Morgan fingerprint density at radius 1 is 0.978 bits per heavy atom. The Labute approximate surface area is 266 Å². The van der Waals surface area contributed by atoms with Crippen LogP contribution in [0.2, 0.25) is 0 Å². The molecule has 1 aliphatic heterocycles. The first kappa shape index (κ1) is 31.0. The Kier molecular flexibility index (Phi) is 9.37. The van der Waals surface area contributed by atoms with E-state index in [2.05, 4.69) is 69.3 Å². The topological polar surface area (TPSA) is 89.6 Å². The number of nitrogens with one attached hydrogen (secondary N) is 2. The van der Waals surface area contributed by atoms with Gasteiger partial charge in [-0.1, -0.05) is 0 Å². The number of hydrogen-bond donors (Lipinski definition) is 2. The highest BCUT2D eigenvalue weighted by Gasteiger charge is 2.27. The number of pyridine rings is 3. The number of aromatic amines is 1. The van der Waals surface area contributed by atoms with Gasteiger partial charge >= 0.3 is 0 Å². The van der Waals surface area contributed by atoms with Gasteiger partial charge in [0.15, 0.2) is 0 Å². The van der Waals surface area contributed by atoms with Crippen molar-refractivity contribution in [1.82, 2.24) is 19.9 Å². The molecule has 0 amide bonds. The van der Waals surface area contributed by atoms with E-state index in [9.17, 15) is 4.79 Å². The summed E-state index contributed by atoms with van der Waals surface area (Å²) in [4.78, 5) is 32.8. The lowest BCUT2D eigenvalue weighted by Crippen LogP contribution is -2.44. The van der Waals surface area contributed by atoms with E-state index in [1.54, 1.807) is 0 Å². The lowest BCUT2D eigenvalue weighted by molar-refractivity contribution is 0.0656. The molecule has 0 atom stereocenters. The summed E-state index contributed by atoms with van der Waals surface area (Å²) in [5.41, 5.74) is 5.91. The van der Waals surface area contributed by atoms with Gasteiger partial charge < -0.3 is 29.7 Å².